The van der Waals surface area contributed by atoms with Gasteiger partial charge in [-0.15, -0.1) is 0 Å². The summed E-state index contributed by atoms with van der Waals surface area (Å²) in [6, 6.07) is 6.70. The van der Waals surface area contributed by atoms with Crippen LogP contribution in [0.5, 0.6) is 0 Å². The standard InChI is InChI=1S/C12H13BrN/c13-10-4-3-9-5-7-14-6-1-2-12(14)11(9)8-10/h3-4,8H,1-2,5-7H2/q+1. The van der Waals surface area contributed by atoms with Crippen molar-refractivity contribution < 1.29 is 4.58 Å². The molecule has 72 valence electrons. The molecule has 0 fully saturated rings. The largest absolute Gasteiger partial charge is 0.233 e. The lowest BCUT2D eigenvalue weighted by molar-refractivity contribution is -0.520. The fourth-order valence-electron chi connectivity index (χ4n) is 2.57. The molecule has 1 aromatic carbocycles. The third-order valence-electron chi connectivity index (χ3n) is 3.26. The molecule has 2 heterocycles. The van der Waals surface area contributed by atoms with E-state index in [1.807, 2.05) is 0 Å². The molecule has 2 aliphatic rings. The van der Waals surface area contributed by atoms with E-state index in [0.29, 0.717) is 0 Å². The lowest BCUT2D eigenvalue weighted by Crippen LogP contribution is -2.25. The number of hydrogen-bond donors (Lipinski definition) is 0. The summed E-state index contributed by atoms with van der Waals surface area (Å²) in [5.74, 6) is 0. The highest BCUT2D eigenvalue weighted by molar-refractivity contribution is 9.10. The highest BCUT2D eigenvalue weighted by Gasteiger charge is 2.29. The van der Waals surface area contributed by atoms with Gasteiger partial charge in [0.25, 0.3) is 0 Å². The molecule has 0 aliphatic carbocycles. The van der Waals surface area contributed by atoms with Crippen molar-refractivity contribution in [2.24, 2.45) is 0 Å². The van der Waals surface area contributed by atoms with Gasteiger partial charge in [0.05, 0.1) is 0 Å². The monoisotopic (exact) mass is 250 g/mol. The third kappa shape index (κ3) is 1.24. The van der Waals surface area contributed by atoms with Crippen LogP contribution in [0.25, 0.3) is 0 Å². The van der Waals surface area contributed by atoms with Gasteiger partial charge in [0, 0.05) is 29.3 Å². The summed E-state index contributed by atoms with van der Waals surface area (Å²) in [7, 11) is 0. The molecule has 3 rings (SSSR count). The van der Waals surface area contributed by atoms with E-state index in [1.165, 1.54) is 48.0 Å². The first-order chi connectivity index (χ1) is 6.84. The van der Waals surface area contributed by atoms with Gasteiger partial charge >= 0.3 is 0 Å². The second-order valence-electron chi connectivity index (χ2n) is 4.09. The zero-order chi connectivity index (χ0) is 9.54. The van der Waals surface area contributed by atoms with Crippen molar-refractivity contribution in [3.8, 4) is 0 Å². The Labute approximate surface area is 92.6 Å². The van der Waals surface area contributed by atoms with Crippen LogP contribution >= 0.6 is 15.9 Å². The van der Waals surface area contributed by atoms with E-state index in [2.05, 4.69) is 38.7 Å². The van der Waals surface area contributed by atoms with Gasteiger partial charge in [-0.2, -0.15) is 0 Å². The van der Waals surface area contributed by atoms with E-state index in [4.69, 9.17) is 0 Å². The first kappa shape index (κ1) is 8.66. The van der Waals surface area contributed by atoms with Gasteiger partial charge in [0.1, 0.15) is 13.1 Å². The summed E-state index contributed by atoms with van der Waals surface area (Å²) >= 11 is 3.56. The third-order valence-corrected chi connectivity index (χ3v) is 3.75. The molecule has 1 aromatic rings. The first-order valence-corrected chi connectivity index (χ1v) is 6.03. The lowest BCUT2D eigenvalue weighted by atomic mass is 9.96. The van der Waals surface area contributed by atoms with Gasteiger partial charge < -0.3 is 0 Å². The number of rotatable bonds is 0. The maximum Gasteiger partial charge on any atom is 0.183 e. The highest BCUT2D eigenvalue weighted by atomic mass is 79.9. The van der Waals surface area contributed by atoms with Crippen LogP contribution in [0.3, 0.4) is 0 Å². The molecule has 0 bridgehead atoms. The fraction of sp³-hybridized carbons (Fsp3) is 0.417. The Balaban J connectivity index is 2.18. The minimum atomic E-state index is 1.21. The molecule has 1 nitrogen and oxygen atoms in total. The molecule has 0 aromatic heterocycles. The number of halogens is 1. The van der Waals surface area contributed by atoms with E-state index in [-0.39, 0.29) is 0 Å². The maximum absolute atomic E-state index is 3.56. The van der Waals surface area contributed by atoms with Gasteiger partial charge in [0.15, 0.2) is 5.71 Å². The van der Waals surface area contributed by atoms with Crippen molar-refractivity contribution in [1.82, 2.24) is 0 Å². The molecule has 0 spiro atoms. The van der Waals surface area contributed by atoms with Gasteiger partial charge in [0.2, 0.25) is 0 Å². The molecule has 0 saturated heterocycles. The number of benzene rings is 1. The number of hydrogen-bond acceptors (Lipinski definition) is 0. The molecule has 0 unspecified atom stereocenters. The Morgan fingerprint density at radius 3 is 3.00 bits per heavy atom. The molecular formula is C12H13BrN+. The van der Waals surface area contributed by atoms with Gasteiger partial charge in [-0.1, -0.05) is 22.0 Å². The minimum Gasteiger partial charge on any atom is -0.233 e. The number of nitrogens with zero attached hydrogens (tertiary/aromatic N) is 1. The van der Waals surface area contributed by atoms with Crippen LogP contribution in [-0.2, 0) is 6.42 Å². The molecular weight excluding hydrogens is 238 g/mol. The summed E-state index contributed by atoms with van der Waals surface area (Å²) in [4.78, 5) is 0. The van der Waals surface area contributed by atoms with Gasteiger partial charge in [-0.25, -0.2) is 4.58 Å². The van der Waals surface area contributed by atoms with Crippen molar-refractivity contribution in [3.05, 3.63) is 33.8 Å². The van der Waals surface area contributed by atoms with Crippen LogP contribution in [0.4, 0.5) is 0 Å². The minimum absolute atomic E-state index is 1.21. The number of fused-ring (bicyclic) bond motifs is 2. The summed E-state index contributed by atoms with van der Waals surface area (Å²) in [5.41, 5.74) is 4.59. The highest BCUT2D eigenvalue weighted by Crippen LogP contribution is 2.25. The first-order valence-electron chi connectivity index (χ1n) is 5.24. The van der Waals surface area contributed by atoms with Crippen LogP contribution in [-0.4, -0.2) is 23.4 Å². The van der Waals surface area contributed by atoms with E-state index in [0.717, 1.165) is 0 Å². The maximum atomic E-state index is 3.56. The summed E-state index contributed by atoms with van der Waals surface area (Å²) in [6.45, 7) is 2.49. The van der Waals surface area contributed by atoms with Crippen molar-refractivity contribution in [2.45, 2.75) is 19.3 Å². The second kappa shape index (κ2) is 3.20. The lowest BCUT2D eigenvalue weighted by Gasteiger charge is -2.13. The van der Waals surface area contributed by atoms with Gasteiger partial charge in [-0.3, -0.25) is 0 Å². The Morgan fingerprint density at radius 1 is 1.14 bits per heavy atom. The molecule has 14 heavy (non-hydrogen) atoms. The predicted molar refractivity (Wildman–Crippen MR) is 61.2 cm³/mol. The average molecular weight is 251 g/mol. The molecule has 0 atom stereocenters. The normalized spacial score (nSPS) is 19.5. The zero-order valence-corrected chi connectivity index (χ0v) is 9.68. The predicted octanol–water partition coefficient (Wildman–Crippen LogP) is 2.60. The average Bonchev–Trinajstić information content (AvgIpc) is 2.65. The van der Waals surface area contributed by atoms with E-state index in [1.54, 1.807) is 5.71 Å². The molecule has 0 N–H and O–H groups in total. The summed E-state index contributed by atoms with van der Waals surface area (Å²) in [6.07, 6.45) is 3.82. The van der Waals surface area contributed by atoms with Crippen LogP contribution in [0.1, 0.15) is 24.0 Å². The Morgan fingerprint density at radius 2 is 2.07 bits per heavy atom. The molecule has 0 saturated carbocycles. The molecule has 0 amide bonds. The van der Waals surface area contributed by atoms with Crippen molar-refractivity contribution >= 4 is 21.6 Å². The summed E-state index contributed by atoms with van der Waals surface area (Å²) in [5, 5.41) is 0. The van der Waals surface area contributed by atoms with Crippen molar-refractivity contribution in [3.63, 3.8) is 0 Å². The Kier molecular flexibility index (Phi) is 1.98. The Bertz CT molecular complexity index is 420. The quantitative estimate of drug-likeness (QED) is 0.623. The zero-order valence-electron chi connectivity index (χ0n) is 8.09. The van der Waals surface area contributed by atoms with Crippen LogP contribution in [0, 0.1) is 0 Å². The van der Waals surface area contributed by atoms with Crippen LogP contribution < -0.4 is 0 Å². The van der Waals surface area contributed by atoms with E-state index < -0.39 is 0 Å². The molecule has 2 aliphatic heterocycles. The van der Waals surface area contributed by atoms with Crippen LogP contribution in [0.15, 0.2) is 22.7 Å². The van der Waals surface area contributed by atoms with Crippen molar-refractivity contribution in [1.29, 1.82) is 0 Å². The summed E-state index contributed by atoms with van der Waals surface area (Å²) < 4.78 is 3.76. The molecule has 0 radical (unpaired) electrons. The van der Waals surface area contributed by atoms with Crippen LogP contribution in [0.2, 0.25) is 0 Å². The van der Waals surface area contributed by atoms with Gasteiger partial charge in [-0.05, 0) is 17.7 Å². The topological polar surface area (TPSA) is 3.01 Å². The van der Waals surface area contributed by atoms with E-state index >= 15 is 0 Å². The smallest absolute Gasteiger partial charge is 0.183 e. The fourth-order valence-corrected chi connectivity index (χ4v) is 2.93. The van der Waals surface area contributed by atoms with Crippen molar-refractivity contribution in [2.75, 3.05) is 13.1 Å². The molecule has 2 heteroatoms. The van der Waals surface area contributed by atoms with E-state index in [9.17, 15) is 0 Å². The second-order valence-corrected chi connectivity index (χ2v) is 5.00. The SMILES string of the molecule is Brc1ccc2c(c1)C1=[N+](CCC1)CC2. The Hall–Kier alpha value is -0.630.